The predicted octanol–water partition coefficient (Wildman–Crippen LogP) is 3.30. The molecule has 1 unspecified atom stereocenters. The van der Waals surface area contributed by atoms with Crippen molar-refractivity contribution < 1.29 is 18.5 Å². The normalized spacial score (nSPS) is 20.4. The van der Waals surface area contributed by atoms with Gasteiger partial charge in [0.05, 0.1) is 27.3 Å². The number of nitrogens with zero attached hydrogens (tertiary/aromatic N) is 2. The highest BCUT2D eigenvalue weighted by atomic mass is 35.5. The van der Waals surface area contributed by atoms with Crippen molar-refractivity contribution in [2.75, 3.05) is 32.6 Å². The molecule has 2 amide bonds. The Hall–Kier alpha value is -1.22. The van der Waals surface area contributed by atoms with Crippen LogP contribution in [0.25, 0.3) is 0 Å². The minimum Gasteiger partial charge on any atom is -0.377 e. The molecule has 0 aromatic carbocycles. The van der Waals surface area contributed by atoms with Crippen LogP contribution in [0.3, 0.4) is 0 Å². The molecule has 2 aliphatic rings. The Balaban J connectivity index is 1.53. The van der Waals surface area contributed by atoms with E-state index in [0.717, 1.165) is 10.5 Å². The number of halogens is 1. The summed E-state index contributed by atoms with van der Waals surface area (Å²) >= 11 is 7.33. The number of carbonyl (C=O) groups is 2. The van der Waals surface area contributed by atoms with Crippen LogP contribution in [0.5, 0.6) is 0 Å². The minimum absolute atomic E-state index is 0.0481. The van der Waals surface area contributed by atoms with E-state index in [0.29, 0.717) is 56.3 Å². The van der Waals surface area contributed by atoms with Gasteiger partial charge in [0, 0.05) is 47.9 Å². The van der Waals surface area contributed by atoms with Crippen LogP contribution in [0.15, 0.2) is 28.1 Å². The number of piperidine rings is 1. The van der Waals surface area contributed by atoms with Crippen LogP contribution >= 0.6 is 22.9 Å². The van der Waals surface area contributed by atoms with E-state index in [1.807, 2.05) is 17.0 Å². The second-order valence-corrected chi connectivity index (χ2v) is 11.5. The van der Waals surface area contributed by atoms with Gasteiger partial charge in [-0.1, -0.05) is 17.7 Å². The number of carbonyl (C=O) groups excluding carboxylic acids is 2. The molecule has 0 radical (unpaired) electrons. The number of aryl methyl sites for hydroxylation is 1. The molecule has 1 atom stereocenters. The van der Waals surface area contributed by atoms with Gasteiger partial charge in [0.25, 0.3) is 5.91 Å². The highest BCUT2D eigenvalue weighted by molar-refractivity contribution is 7.93. The molecule has 9 heteroatoms. The third kappa shape index (κ3) is 5.65. The van der Waals surface area contributed by atoms with Gasteiger partial charge in [0.2, 0.25) is 5.91 Å². The number of rotatable bonds is 5. The summed E-state index contributed by atoms with van der Waals surface area (Å²) in [6.07, 6.45) is 6.04. The molecule has 1 aromatic rings. The van der Waals surface area contributed by atoms with Gasteiger partial charge in [-0.15, -0.1) is 11.3 Å². The molecule has 1 fully saturated rings. The lowest BCUT2D eigenvalue weighted by atomic mass is 10.1. The maximum Gasteiger partial charge on any atom is 0.254 e. The van der Waals surface area contributed by atoms with Crippen LogP contribution in [0.2, 0.25) is 4.34 Å². The Bertz CT molecular complexity index is 878. The van der Waals surface area contributed by atoms with Gasteiger partial charge >= 0.3 is 0 Å². The smallest absolute Gasteiger partial charge is 0.254 e. The Kier molecular flexibility index (Phi) is 7.31. The van der Waals surface area contributed by atoms with Gasteiger partial charge in [-0.25, -0.2) is 4.21 Å². The molecule has 2 aliphatic heterocycles. The standard InChI is InChI=1S/C19H25ClN2O4S2/c1-28(25,21-18(23)5-3-15-2-4-17(20)27-15)16-6-10-22(11-7-16)19(24)14-8-12-26-13-9-14/h2,4,8,16H,3,5-7,9-13H2,1H3. The van der Waals surface area contributed by atoms with Gasteiger partial charge in [-0.05, 0) is 31.4 Å². The van der Waals surface area contributed by atoms with E-state index in [4.69, 9.17) is 16.3 Å². The van der Waals surface area contributed by atoms with E-state index in [9.17, 15) is 13.8 Å². The summed E-state index contributed by atoms with van der Waals surface area (Å²) in [7, 11) is -2.63. The van der Waals surface area contributed by atoms with Crippen LogP contribution in [0.1, 0.15) is 30.6 Å². The molecule has 3 rings (SSSR count). The second-order valence-electron chi connectivity index (χ2n) is 7.10. The largest absolute Gasteiger partial charge is 0.377 e. The van der Waals surface area contributed by atoms with Crippen molar-refractivity contribution >= 4 is 44.5 Å². The Morgan fingerprint density at radius 2 is 2.11 bits per heavy atom. The van der Waals surface area contributed by atoms with Gasteiger partial charge in [-0.2, -0.15) is 4.36 Å². The average Bonchev–Trinajstić information content (AvgIpc) is 3.11. The lowest BCUT2D eigenvalue weighted by Gasteiger charge is -2.33. The van der Waals surface area contributed by atoms with Crippen LogP contribution < -0.4 is 0 Å². The van der Waals surface area contributed by atoms with E-state index in [2.05, 4.69) is 4.36 Å². The zero-order chi connectivity index (χ0) is 20.1. The number of hydrogen-bond acceptors (Lipinski definition) is 5. The van der Waals surface area contributed by atoms with Crippen molar-refractivity contribution in [3.8, 4) is 0 Å². The fraction of sp³-hybridized carbons (Fsp3) is 0.579. The van der Waals surface area contributed by atoms with Crippen molar-refractivity contribution in [2.24, 2.45) is 4.36 Å². The Morgan fingerprint density at radius 1 is 1.36 bits per heavy atom. The molecular weight excluding hydrogens is 420 g/mol. The van der Waals surface area contributed by atoms with Crippen LogP contribution in [0.4, 0.5) is 0 Å². The first-order chi connectivity index (χ1) is 13.3. The SMILES string of the molecule is CS(=O)(=NC(=O)CCc1ccc(Cl)s1)C1CCN(C(=O)C2=CCOCC2)CC1. The van der Waals surface area contributed by atoms with Gasteiger partial charge in [-0.3, -0.25) is 9.59 Å². The Morgan fingerprint density at radius 3 is 2.71 bits per heavy atom. The molecule has 0 spiro atoms. The zero-order valence-corrected chi connectivity index (χ0v) is 18.3. The Labute approximate surface area is 175 Å². The van der Waals surface area contributed by atoms with Crippen molar-refractivity contribution in [3.05, 3.63) is 33.0 Å². The molecule has 0 aliphatic carbocycles. The van der Waals surface area contributed by atoms with E-state index >= 15 is 0 Å². The summed E-state index contributed by atoms with van der Waals surface area (Å²) in [5.41, 5.74) is 0.801. The summed E-state index contributed by atoms with van der Waals surface area (Å²) in [6, 6.07) is 3.70. The quantitative estimate of drug-likeness (QED) is 0.698. The third-order valence-corrected chi connectivity index (χ3v) is 8.65. The molecule has 28 heavy (non-hydrogen) atoms. The molecule has 3 heterocycles. The van der Waals surface area contributed by atoms with Crippen molar-refractivity contribution in [2.45, 2.75) is 37.4 Å². The lowest BCUT2D eigenvalue weighted by Crippen LogP contribution is -2.43. The highest BCUT2D eigenvalue weighted by Gasteiger charge is 2.29. The number of ether oxygens (including phenoxy) is 1. The first-order valence-electron chi connectivity index (χ1n) is 9.39. The fourth-order valence-corrected chi connectivity index (χ4v) is 6.28. The lowest BCUT2D eigenvalue weighted by molar-refractivity contribution is -0.128. The molecule has 1 aromatic heterocycles. The maximum atomic E-state index is 13.0. The number of amides is 2. The average molecular weight is 445 g/mol. The monoisotopic (exact) mass is 444 g/mol. The highest BCUT2D eigenvalue weighted by Crippen LogP contribution is 2.24. The molecule has 1 saturated heterocycles. The van der Waals surface area contributed by atoms with Gasteiger partial charge in [0.1, 0.15) is 0 Å². The number of hydrogen-bond donors (Lipinski definition) is 0. The van der Waals surface area contributed by atoms with E-state index in [1.165, 1.54) is 11.3 Å². The molecule has 0 saturated carbocycles. The minimum atomic E-state index is -2.63. The molecular formula is C19H25ClN2O4S2. The molecule has 0 N–H and O–H groups in total. The van der Waals surface area contributed by atoms with E-state index < -0.39 is 9.73 Å². The second kappa shape index (κ2) is 9.52. The van der Waals surface area contributed by atoms with Gasteiger partial charge < -0.3 is 9.64 Å². The summed E-state index contributed by atoms with van der Waals surface area (Å²) in [5.74, 6) is -0.283. The fourth-order valence-electron chi connectivity index (χ4n) is 3.46. The zero-order valence-electron chi connectivity index (χ0n) is 15.9. The maximum absolute atomic E-state index is 13.0. The van der Waals surface area contributed by atoms with Crippen molar-refractivity contribution in [1.82, 2.24) is 4.90 Å². The first-order valence-corrected chi connectivity index (χ1v) is 12.6. The van der Waals surface area contributed by atoms with Crippen LogP contribution in [0, 0.1) is 0 Å². The summed E-state index contributed by atoms with van der Waals surface area (Å²) in [6.45, 7) is 2.16. The molecule has 0 bridgehead atoms. The summed E-state index contributed by atoms with van der Waals surface area (Å²) in [4.78, 5) is 27.6. The molecule has 6 nitrogen and oxygen atoms in total. The first kappa shape index (κ1) is 21.5. The van der Waals surface area contributed by atoms with E-state index in [1.54, 1.807) is 12.3 Å². The predicted molar refractivity (Wildman–Crippen MR) is 112 cm³/mol. The van der Waals surface area contributed by atoms with E-state index in [-0.39, 0.29) is 23.5 Å². The summed E-state index contributed by atoms with van der Waals surface area (Å²) in [5, 5.41) is -0.166. The van der Waals surface area contributed by atoms with Crippen LogP contribution in [-0.2, 0) is 30.5 Å². The number of thiophene rings is 1. The van der Waals surface area contributed by atoms with Crippen molar-refractivity contribution in [3.63, 3.8) is 0 Å². The topological polar surface area (TPSA) is 76.0 Å². The summed E-state index contributed by atoms with van der Waals surface area (Å²) < 4.78 is 23.0. The third-order valence-electron chi connectivity index (χ3n) is 5.08. The molecule has 154 valence electrons. The van der Waals surface area contributed by atoms with Gasteiger partial charge in [0.15, 0.2) is 0 Å². The number of likely N-dealkylation sites (tertiary alicyclic amines) is 1. The van der Waals surface area contributed by atoms with Crippen molar-refractivity contribution in [1.29, 1.82) is 0 Å². The van der Waals surface area contributed by atoms with Crippen LogP contribution in [-0.4, -0.2) is 58.7 Å².